The Bertz CT molecular complexity index is 877. The maximum absolute atomic E-state index is 12.7. The van der Waals surface area contributed by atoms with Crippen molar-refractivity contribution in [3.8, 4) is 0 Å². The SMILES string of the molecule is CCCCN1C(=O)C(=O)/C(=C(\O)c2ccc(Cl)c(Cl)c2)C1c1cccs1. The maximum atomic E-state index is 12.7. The number of thiophene rings is 1. The smallest absolute Gasteiger partial charge is 0.295 e. The number of carbonyl (C=O) groups is 2. The summed E-state index contributed by atoms with van der Waals surface area (Å²) in [5.74, 6) is -1.50. The first-order chi connectivity index (χ1) is 12.5. The van der Waals surface area contributed by atoms with Crippen LogP contribution < -0.4 is 0 Å². The van der Waals surface area contributed by atoms with E-state index in [1.165, 1.54) is 17.4 Å². The molecular formula is C19H17Cl2NO3S. The summed E-state index contributed by atoms with van der Waals surface area (Å²) in [6, 6.07) is 7.75. The quantitative estimate of drug-likeness (QED) is 0.415. The molecule has 0 saturated carbocycles. The third kappa shape index (κ3) is 3.39. The molecule has 1 atom stereocenters. The number of rotatable bonds is 5. The van der Waals surface area contributed by atoms with E-state index >= 15 is 0 Å². The fourth-order valence-electron chi connectivity index (χ4n) is 2.98. The molecule has 4 nitrogen and oxygen atoms in total. The highest BCUT2D eigenvalue weighted by molar-refractivity contribution is 7.10. The summed E-state index contributed by atoms with van der Waals surface area (Å²) < 4.78 is 0. The van der Waals surface area contributed by atoms with Crippen LogP contribution in [0, 0.1) is 0 Å². The first kappa shape index (κ1) is 19.0. The number of amides is 1. The lowest BCUT2D eigenvalue weighted by Crippen LogP contribution is -2.30. The van der Waals surface area contributed by atoms with E-state index in [0.29, 0.717) is 17.1 Å². The predicted molar refractivity (Wildman–Crippen MR) is 105 cm³/mol. The molecular weight excluding hydrogens is 393 g/mol. The third-order valence-electron chi connectivity index (χ3n) is 4.30. The van der Waals surface area contributed by atoms with Gasteiger partial charge < -0.3 is 10.0 Å². The van der Waals surface area contributed by atoms with Gasteiger partial charge in [-0.15, -0.1) is 11.3 Å². The number of hydrogen-bond donors (Lipinski definition) is 1. The number of unbranched alkanes of at least 4 members (excludes halogenated alkanes) is 1. The zero-order chi connectivity index (χ0) is 18.8. The summed E-state index contributed by atoms with van der Waals surface area (Å²) in [6.07, 6.45) is 1.68. The number of nitrogens with zero attached hydrogens (tertiary/aromatic N) is 1. The van der Waals surface area contributed by atoms with Gasteiger partial charge in [-0.1, -0.05) is 42.6 Å². The van der Waals surface area contributed by atoms with Crippen LogP contribution in [0.1, 0.15) is 36.2 Å². The molecule has 1 fully saturated rings. The maximum Gasteiger partial charge on any atom is 0.295 e. The zero-order valence-corrected chi connectivity index (χ0v) is 16.4. The molecule has 0 radical (unpaired) electrons. The van der Waals surface area contributed by atoms with Gasteiger partial charge in [0, 0.05) is 17.0 Å². The number of likely N-dealkylation sites (tertiary alicyclic amines) is 1. The van der Waals surface area contributed by atoms with Gasteiger partial charge in [0.1, 0.15) is 5.76 Å². The average molecular weight is 410 g/mol. The van der Waals surface area contributed by atoms with Crippen LogP contribution in [0.4, 0.5) is 0 Å². The van der Waals surface area contributed by atoms with Gasteiger partial charge in [0.2, 0.25) is 0 Å². The molecule has 1 N–H and O–H groups in total. The molecule has 2 aromatic rings. The van der Waals surface area contributed by atoms with Crippen molar-refractivity contribution in [3.63, 3.8) is 0 Å². The Kier molecular flexibility index (Phi) is 5.70. The van der Waals surface area contributed by atoms with Crippen LogP contribution in [0.15, 0.2) is 41.3 Å². The number of aliphatic hydroxyl groups excluding tert-OH is 1. The minimum Gasteiger partial charge on any atom is -0.507 e. The van der Waals surface area contributed by atoms with Gasteiger partial charge in [0.05, 0.1) is 21.7 Å². The van der Waals surface area contributed by atoms with Crippen molar-refractivity contribution >= 4 is 52.0 Å². The van der Waals surface area contributed by atoms with Gasteiger partial charge >= 0.3 is 0 Å². The first-order valence-electron chi connectivity index (χ1n) is 8.23. The van der Waals surface area contributed by atoms with Crippen molar-refractivity contribution in [1.82, 2.24) is 4.90 Å². The second-order valence-electron chi connectivity index (χ2n) is 5.99. The van der Waals surface area contributed by atoms with E-state index in [1.54, 1.807) is 17.0 Å². The number of Topliss-reactive ketones (excluding diaryl/α,β-unsaturated/α-hetero) is 1. The Hall–Kier alpha value is -1.82. The number of carbonyl (C=O) groups excluding carboxylic acids is 2. The highest BCUT2D eigenvalue weighted by Gasteiger charge is 2.46. The van der Waals surface area contributed by atoms with Crippen molar-refractivity contribution in [2.75, 3.05) is 6.54 Å². The molecule has 0 bridgehead atoms. The fraction of sp³-hybridized carbons (Fsp3) is 0.263. The molecule has 1 aromatic heterocycles. The molecule has 1 saturated heterocycles. The Labute approximate surface area is 165 Å². The lowest BCUT2D eigenvalue weighted by Gasteiger charge is -2.23. The predicted octanol–water partition coefficient (Wildman–Crippen LogP) is 5.28. The van der Waals surface area contributed by atoms with Gasteiger partial charge in [0.15, 0.2) is 0 Å². The van der Waals surface area contributed by atoms with E-state index in [1.807, 2.05) is 24.4 Å². The Morgan fingerprint density at radius 1 is 1.23 bits per heavy atom. The van der Waals surface area contributed by atoms with Crippen LogP contribution in [0.3, 0.4) is 0 Å². The molecule has 1 aliphatic rings. The van der Waals surface area contributed by atoms with Crippen LogP contribution in [0.2, 0.25) is 10.0 Å². The number of halogens is 2. The summed E-state index contributed by atoms with van der Waals surface area (Å²) in [5, 5.41) is 13.3. The molecule has 7 heteroatoms. The minimum atomic E-state index is -0.678. The lowest BCUT2D eigenvalue weighted by molar-refractivity contribution is -0.139. The van der Waals surface area contributed by atoms with Crippen LogP contribution in [-0.4, -0.2) is 28.2 Å². The third-order valence-corrected chi connectivity index (χ3v) is 5.96. The summed E-state index contributed by atoms with van der Waals surface area (Å²) in [4.78, 5) is 27.6. The molecule has 1 unspecified atom stereocenters. The van der Waals surface area contributed by atoms with Crippen LogP contribution in [0.25, 0.3) is 5.76 Å². The molecule has 3 rings (SSSR count). The second kappa shape index (κ2) is 7.82. The van der Waals surface area contributed by atoms with Crippen molar-refractivity contribution in [2.45, 2.75) is 25.8 Å². The van der Waals surface area contributed by atoms with Gasteiger partial charge in [-0.2, -0.15) is 0 Å². The van der Waals surface area contributed by atoms with Gasteiger partial charge in [0.25, 0.3) is 11.7 Å². The highest BCUT2D eigenvalue weighted by Crippen LogP contribution is 2.41. The van der Waals surface area contributed by atoms with Gasteiger partial charge in [-0.3, -0.25) is 9.59 Å². The Morgan fingerprint density at radius 3 is 2.62 bits per heavy atom. The van der Waals surface area contributed by atoms with Crippen molar-refractivity contribution in [3.05, 3.63) is 61.8 Å². The Morgan fingerprint density at radius 2 is 2.00 bits per heavy atom. The summed E-state index contributed by atoms with van der Waals surface area (Å²) >= 11 is 13.4. The first-order valence-corrected chi connectivity index (χ1v) is 9.86. The lowest BCUT2D eigenvalue weighted by atomic mass is 10.00. The summed E-state index contributed by atoms with van der Waals surface area (Å²) in [5.41, 5.74) is 0.446. The molecule has 0 spiro atoms. The Balaban J connectivity index is 2.14. The van der Waals surface area contributed by atoms with Gasteiger partial charge in [-0.25, -0.2) is 0 Å². The van der Waals surface area contributed by atoms with Crippen LogP contribution in [-0.2, 0) is 9.59 Å². The number of benzene rings is 1. The largest absolute Gasteiger partial charge is 0.507 e. The number of aliphatic hydroxyl groups is 1. The van der Waals surface area contributed by atoms with Crippen molar-refractivity contribution in [1.29, 1.82) is 0 Å². The van der Waals surface area contributed by atoms with E-state index in [-0.39, 0.29) is 16.4 Å². The van der Waals surface area contributed by atoms with E-state index in [0.717, 1.165) is 17.7 Å². The standard InChI is InChI=1S/C19H17Cl2NO3S/c1-2-3-8-22-16(14-5-4-9-26-14)15(18(24)19(22)25)17(23)11-6-7-12(20)13(21)10-11/h4-7,9-10,16,23H,2-3,8H2,1H3/b17-15-. The van der Waals surface area contributed by atoms with E-state index in [2.05, 4.69) is 0 Å². The normalized spacial score (nSPS) is 19.3. The van der Waals surface area contributed by atoms with Crippen molar-refractivity contribution in [2.24, 2.45) is 0 Å². The van der Waals surface area contributed by atoms with E-state index < -0.39 is 17.7 Å². The molecule has 26 heavy (non-hydrogen) atoms. The summed E-state index contributed by atoms with van der Waals surface area (Å²) in [6.45, 7) is 2.48. The number of hydrogen-bond acceptors (Lipinski definition) is 4. The summed E-state index contributed by atoms with van der Waals surface area (Å²) in [7, 11) is 0. The molecule has 1 amide bonds. The molecule has 1 aromatic carbocycles. The fourth-order valence-corrected chi connectivity index (χ4v) is 4.12. The number of ketones is 1. The molecule has 136 valence electrons. The van der Waals surface area contributed by atoms with Crippen LogP contribution >= 0.6 is 34.5 Å². The molecule has 1 aliphatic heterocycles. The molecule has 2 heterocycles. The van der Waals surface area contributed by atoms with Gasteiger partial charge in [-0.05, 0) is 36.1 Å². The zero-order valence-electron chi connectivity index (χ0n) is 14.0. The monoisotopic (exact) mass is 409 g/mol. The van der Waals surface area contributed by atoms with Crippen LogP contribution in [0.5, 0.6) is 0 Å². The average Bonchev–Trinajstić information content (AvgIpc) is 3.23. The van der Waals surface area contributed by atoms with Crippen molar-refractivity contribution < 1.29 is 14.7 Å². The highest BCUT2D eigenvalue weighted by atomic mass is 35.5. The molecule has 0 aliphatic carbocycles. The minimum absolute atomic E-state index is 0.0898. The van der Waals surface area contributed by atoms with E-state index in [9.17, 15) is 14.7 Å². The topological polar surface area (TPSA) is 57.6 Å². The second-order valence-corrected chi connectivity index (χ2v) is 7.78. The van der Waals surface area contributed by atoms with E-state index in [4.69, 9.17) is 23.2 Å².